The number of benzene rings is 1. The highest BCUT2D eigenvalue weighted by molar-refractivity contribution is 5.94. The SMILES string of the molecule is CCCNC(=O)c1nn(C)c2c1COC1(CCN(Cc3ccc(C(F)(F)F)cc3)CC1)C2. The lowest BCUT2D eigenvalue weighted by molar-refractivity contribution is -0.137. The number of aryl methyl sites for hydroxylation is 1. The first-order valence-electron chi connectivity index (χ1n) is 11.1. The van der Waals surface area contributed by atoms with E-state index in [1.54, 1.807) is 16.8 Å². The van der Waals surface area contributed by atoms with Crippen molar-refractivity contribution in [2.45, 2.75) is 57.5 Å². The Kier molecular flexibility index (Phi) is 6.31. The molecular formula is C23H29F3N4O2. The van der Waals surface area contributed by atoms with Gasteiger partial charge in [-0.25, -0.2) is 0 Å². The Labute approximate surface area is 185 Å². The van der Waals surface area contributed by atoms with E-state index in [2.05, 4.69) is 15.3 Å². The van der Waals surface area contributed by atoms with Crippen molar-refractivity contribution in [3.63, 3.8) is 0 Å². The molecular weight excluding hydrogens is 421 g/mol. The largest absolute Gasteiger partial charge is 0.416 e. The van der Waals surface area contributed by atoms with Crippen molar-refractivity contribution in [1.82, 2.24) is 20.0 Å². The van der Waals surface area contributed by atoms with Crippen LogP contribution in [0.1, 0.15) is 59.1 Å². The molecule has 1 aromatic carbocycles. The maximum absolute atomic E-state index is 12.8. The van der Waals surface area contributed by atoms with Crippen molar-refractivity contribution in [3.8, 4) is 0 Å². The van der Waals surface area contributed by atoms with Gasteiger partial charge in [0.15, 0.2) is 5.69 Å². The topological polar surface area (TPSA) is 59.4 Å². The molecule has 1 amide bonds. The summed E-state index contributed by atoms with van der Waals surface area (Å²) >= 11 is 0. The van der Waals surface area contributed by atoms with Crippen molar-refractivity contribution in [1.29, 1.82) is 0 Å². The summed E-state index contributed by atoms with van der Waals surface area (Å²) in [5.41, 5.74) is 2.34. The molecule has 1 saturated heterocycles. The number of aromatic nitrogens is 2. The average molecular weight is 451 g/mol. The first kappa shape index (κ1) is 22.8. The zero-order chi connectivity index (χ0) is 22.9. The van der Waals surface area contributed by atoms with Crippen LogP contribution in [0.4, 0.5) is 13.2 Å². The second-order valence-corrected chi connectivity index (χ2v) is 8.77. The highest BCUT2D eigenvalue weighted by Crippen LogP contribution is 2.37. The summed E-state index contributed by atoms with van der Waals surface area (Å²) in [6.07, 6.45) is -1.08. The number of nitrogens with zero attached hydrogens (tertiary/aromatic N) is 3. The number of nitrogens with one attached hydrogen (secondary N) is 1. The van der Waals surface area contributed by atoms with Crippen molar-refractivity contribution in [3.05, 3.63) is 52.3 Å². The van der Waals surface area contributed by atoms with Crippen molar-refractivity contribution in [2.24, 2.45) is 7.05 Å². The fourth-order valence-corrected chi connectivity index (χ4v) is 4.56. The fourth-order valence-electron chi connectivity index (χ4n) is 4.56. The molecule has 174 valence electrons. The Balaban J connectivity index is 1.37. The number of hydrogen-bond donors (Lipinski definition) is 1. The van der Waals surface area contributed by atoms with E-state index in [9.17, 15) is 18.0 Å². The Hall–Kier alpha value is -2.39. The summed E-state index contributed by atoms with van der Waals surface area (Å²) in [4.78, 5) is 14.7. The number of carbonyl (C=O) groups excluding carboxylic acids is 1. The van der Waals surface area contributed by atoms with Gasteiger partial charge in [0.1, 0.15) is 0 Å². The van der Waals surface area contributed by atoms with Crippen LogP contribution in [0.3, 0.4) is 0 Å². The zero-order valence-electron chi connectivity index (χ0n) is 18.5. The van der Waals surface area contributed by atoms with Gasteiger partial charge < -0.3 is 10.1 Å². The molecule has 4 rings (SSSR count). The Bertz CT molecular complexity index is 961. The summed E-state index contributed by atoms with van der Waals surface area (Å²) in [5, 5.41) is 7.34. The smallest absolute Gasteiger partial charge is 0.370 e. The van der Waals surface area contributed by atoms with E-state index in [-0.39, 0.29) is 11.5 Å². The van der Waals surface area contributed by atoms with E-state index in [0.717, 1.165) is 61.3 Å². The number of amides is 1. The minimum atomic E-state index is -4.31. The first-order valence-corrected chi connectivity index (χ1v) is 11.1. The van der Waals surface area contributed by atoms with Gasteiger partial charge in [0.2, 0.25) is 0 Å². The molecule has 1 spiro atoms. The van der Waals surface area contributed by atoms with Crippen LogP contribution in [-0.2, 0) is 37.5 Å². The molecule has 0 unspecified atom stereocenters. The minimum absolute atomic E-state index is 0.158. The monoisotopic (exact) mass is 450 g/mol. The number of hydrogen-bond acceptors (Lipinski definition) is 4. The molecule has 1 N–H and O–H groups in total. The molecule has 0 bridgehead atoms. The molecule has 0 aliphatic carbocycles. The number of ether oxygens (including phenoxy) is 1. The van der Waals surface area contributed by atoms with E-state index in [1.165, 1.54) is 0 Å². The second-order valence-electron chi connectivity index (χ2n) is 8.77. The maximum atomic E-state index is 12.8. The van der Waals surface area contributed by atoms with Crippen LogP contribution in [0.2, 0.25) is 0 Å². The highest BCUT2D eigenvalue weighted by atomic mass is 19.4. The van der Waals surface area contributed by atoms with E-state index >= 15 is 0 Å². The minimum Gasteiger partial charge on any atom is -0.370 e. The predicted molar refractivity (Wildman–Crippen MR) is 113 cm³/mol. The first-order chi connectivity index (χ1) is 15.2. The van der Waals surface area contributed by atoms with Gasteiger partial charge in [-0.3, -0.25) is 14.4 Å². The maximum Gasteiger partial charge on any atom is 0.416 e. The molecule has 9 heteroatoms. The van der Waals surface area contributed by atoms with Gasteiger partial charge in [0, 0.05) is 50.9 Å². The Morgan fingerprint density at radius 3 is 2.53 bits per heavy atom. The molecule has 1 aromatic heterocycles. The Morgan fingerprint density at radius 2 is 1.91 bits per heavy atom. The average Bonchev–Trinajstić information content (AvgIpc) is 3.09. The van der Waals surface area contributed by atoms with Crippen molar-refractivity contribution >= 4 is 5.91 Å². The molecule has 2 aliphatic heterocycles. The molecule has 0 radical (unpaired) electrons. The molecule has 2 aliphatic rings. The fraction of sp³-hybridized carbons (Fsp3) is 0.565. The van der Waals surface area contributed by atoms with Crippen LogP contribution in [-0.4, -0.2) is 45.8 Å². The third kappa shape index (κ3) is 4.68. The predicted octanol–water partition coefficient (Wildman–Crippen LogP) is 3.69. The normalized spacial score (nSPS) is 18.5. The van der Waals surface area contributed by atoms with E-state index in [0.29, 0.717) is 31.8 Å². The number of fused-ring (bicyclic) bond motifs is 1. The number of piperidine rings is 1. The van der Waals surface area contributed by atoms with Gasteiger partial charge >= 0.3 is 6.18 Å². The van der Waals surface area contributed by atoms with Gasteiger partial charge in [-0.1, -0.05) is 19.1 Å². The molecule has 1 fully saturated rings. The van der Waals surface area contributed by atoms with Crippen LogP contribution in [0, 0.1) is 0 Å². The molecule has 32 heavy (non-hydrogen) atoms. The Morgan fingerprint density at radius 1 is 1.22 bits per heavy atom. The van der Waals surface area contributed by atoms with Gasteiger partial charge in [0.25, 0.3) is 5.91 Å². The quantitative estimate of drug-likeness (QED) is 0.755. The molecule has 0 atom stereocenters. The summed E-state index contributed by atoms with van der Waals surface area (Å²) in [7, 11) is 1.87. The lowest BCUT2D eigenvalue weighted by Crippen LogP contribution is -2.49. The lowest BCUT2D eigenvalue weighted by Gasteiger charge is -2.44. The number of halogens is 3. The molecule has 3 heterocycles. The van der Waals surface area contributed by atoms with Crippen LogP contribution in [0.5, 0.6) is 0 Å². The lowest BCUT2D eigenvalue weighted by atomic mass is 9.83. The van der Waals surface area contributed by atoms with Gasteiger partial charge in [-0.15, -0.1) is 0 Å². The van der Waals surface area contributed by atoms with Crippen molar-refractivity contribution < 1.29 is 22.7 Å². The summed E-state index contributed by atoms with van der Waals surface area (Å²) in [6, 6.07) is 5.39. The van der Waals surface area contributed by atoms with E-state index < -0.39 is 11.7 Å². The van der Waals surface area contributed by atoms with Gasteiger partial charge in [-0.2, -0.15) is 18.3 Å². The number of likely N-dealkylation sites (tertiary alicyclic amines) is 1. The molecule has 0 saturated carbocycles. The van der Waals surface area contributed by atoms with Gasteiger partial charge in [-0.05, 0) is 37.0 Å². The standard InChI is InChI=1S/C23H29F3N4O2/c1-3-10-27-21(31)20-18-15-32-22(13-19(18)29(2)28-20)8-11-30(12-9-22)14-16-4-6-17(7-5-16)23(24,25)26/h4-7H,3,8-15H2,1-2H3,(H,27,31). The van der Waals surface area contributed by atoms with E-state index in [4.69, 9.17) is 4.74 Å². The van der Waals surface area contributed by atoms with Crippen LogP contribution in [0.25, 0.3) is 0 Å². The third-order valence-corrected chi connectivity index (χ3v) is 6.49. The molecule has 2 aromatic rings. The van der Waals surface area contributed by atoms with Crippen LogP contribution < -0.4 is 5.32 Å². The number of carbonyl (C=O) groups is 1. The summed E-state index contributed by atoms with van der Waals surface area (Å²) in [5.74, 6) is -0.158. The van der Waals surface area contributed by atoms with Gasteiger partial charge in [0.05, 0.1) is 17.8 Å². The molecule has 6 nitrogen and oxygen atoms in total. The third-order valence-electron chi connectivity index (χ3n) is 6.49. The zero-order valence-corrected chi connectivity index (χ0v) is 18.5. The number of alkyl halides is 3. The van der Waals surface area contributed by atoms with Crippen LogP contribution in [0.15, 0.2) is 24.3 Å². The van der Waals surface area contributed by atoms with E-state index in [1.807, 2.05) is 14.0 Å². The summed E-state index contributed by atoms with van der Waals surface area (Å²) < 4.78 is 46.4. The van der Waals surface area contributed by atoms with Crippen LogP contribution >= 0.6 is 0 Å². The summed E-state index contributed by atoms with van der Waals surface area (Å²) in [6.45, 7) is 5.22. The second kappa shape index (κ2) is 8.86. The van der Waals surface area contributed by atoms with Crippen molar-refractivity contribution in [2.75, 3.05) is 19.6 Å². The number of rotatable bonds is 5. The highest BCUT2D eigenvalue weighted by Gasteiger charge is 2.41.